The highest BCUT2D eigenvalue weighted by Crippen LogP contribution is 2.29. The van der Waals surface area contributed by atoms with Crippen LogP contribution in [-0.4, -0.2) is 18.0 Å². The predicted octanol–water partition coefficient (Wildman–Crippen LogP) is 5.82. The van der Waals surface area contributed by atoms with Crippen molar-refractivity contribution in [3.05, 3.63) is 101 Å². The Labute approximate surface area is 184 Å². The van der Waals surface area contributed by atoms with E-state index in [1.54, 1.807) is 6.92 Å². The summed E-state index contributed by atoms with van der Waals surface area (Å²) in [5, 5.41) is 2.97. The molecular formula is C27H29NO3. The first-order valence-corrected chi connectivity index (χ1v) is 10.6. The van der Waals surface area contributed by atoms with E-state index in [4.69, 9.17) is 4.74 Å². The molecule has 0 unspecified atom stereocenters. The van der Waals surface area contributed by atoms with E-state index in [0.29, 0.717) is 0 Å². The molecule has 0 heterocycles. The van der Waals surface area contributed by atoms with E-state index in [1.165, 1.54) is 0 Å². The number of benzene rings is 3. The zero-order valence-corrected chi connectivity index (χ0v) is 18.5. The lowest BCUT2D eigenvalue weighted by atomic mass is 9.91. The summed E-state index contributed by atoms with van der Waals surface area (Å²) in [7, 11) is 0. The van der Waals surface area contributed by atoms with Gasteiger partial charge in [-0.05, 0) is 42.0 Å². The molecule has 0 aliphatic heterocycles. The van der Waals surface area contributed by atoms with Crippen LogP contribution in [0, 0.1) is 6.92 Å². The van der Waals surface area contributed by atoms with Crippen LogP contribution in [-0.2, 0) is 14.3 Å². The quantitative estimate of drug-likeness (QED) is 0.495. The van der Waals surface area contributed by atoms with E-state index in [9.17, 15) is 9.59 Å². The number of rotatable bonds is 7. The van der Waals surface area contributed by atoms with Gasteiger partial charge in [0.1, 0.15) is 5.92 Å². The number of hydrogen-bond acceptors (Lipinski definition) is 3. The summed E-state index contributed by atoms with van der Waals surface area (Å²) in [5.41, 5.74) is 4.47. The molecule has 4 nitrogen and oxygen atoms in total. The van der Waals surface area contributed by atoms with Gasteiger partial charge in [0.15, 0.2) is 6.10 Å². The molecule has 1 atom stereocenters. The van der Waals surface area contributed by atoms with E-state index >= 15 is 0 Å². The molecule has 0 saturated heterocycles. The zero-order chi connectivity index (χ0) is 22.4. The van der Waals surface area contributed by atoms with Crippen LogP contribution in [0.1, 0.15) is 54.9 Å². The molecule has 0 fully saturated rings. The molecule has 31 heavy (non-hydrogen) atoms. The Morgan fingerprint density at radius 3 is 1.84 bits per heavy atom. The van der Waals surface area contributed by atoms with Gasteiger partial charge in [-0.25, -0.2) is 0 Å². The summed E-state index contributed by atoms with van der Waals surface area (Å²) >= 11 is 0. The Hall–Kier alpha value is -3.40. The summed E-state index contributed by atoms with van der Waals surface area (Å²) in [6, 6.07) is 24.9. The van der Waals surface area contributed by atoms with Crippen molar-refractivity contribution < 1.29 is 14.3 Å². The van der Waals surface area contributed by atoms with Gasteiger partial charge in [-0.3, -0.25) is 9.59 Å². The number of hydrogen-bond donors (Lipinski definition) is 1. The molecule has 0 saturated carbocycles. The second-order valence-corrected chi connectivity index (χ2v) is 8.02. The molecule has 3 aromatic carbocycles. The SMILES string of the molecule is Cc1cccc(C(C)C)c1NC(=O)[C@@H](C)OC(=O)C(c1ccccc1)c1ccccc1. The lowest BCUT2D eigenvalue weighted by Gasteiger charge is -2.21. The second-order valence-electron chi connectivity index (χ2n) is 8.02. The minimum atomic E-state index is -0.929. The van der Waals surface area contributed by atoms with Crippen LogP contribution in [0.3, 0.4) is 0 Å². The third-order valence-electron chi connectivity index (χ3n) is 5.34. The van der Waals surface area contributed by atoms with Crippen LogP contribution in [0.4, 0.5) is 5.69 Å². The van der Waals surface area contributed by atoms with E-state index in [1.807, 2.05) is 85.8 Å². The third kappa shape index (κ3) is 5.40. The van der Waals surface area contributed by atoms with E-state index in [2.05, 4.69) is 19.2 Å². The molecule has 160 valence electrons. The Kier molecular flexibility index (Phi) is 7.24. The van der Waals surface area contributed by atoms with Gasteiger partial charge < -0.3 is 10.1 Å². The fourth-order valence-electron chi connectivity index (χ4n) is 3.62. The average molecular weight is 416 g/mol. The number of carbonyl (C=O) groups is 2. The Balaban J connectivity index is 1.79. The highest BCUT2D eigenvalue weighted by Gasteiger charge is 2.28. The van der Waals surface area contributed by atoms with Crippen molar-refractivity contribution in [2.45, 2.75) is 45.6 Å². The standard InChI is InChI=1S/C27H29NO3/c1-18(2)23-17-11-12-19(3)25(23)28-26(29)20(4)31-27(30)24(21-13-7-5-8-14-21)22-15-9-6-10-16-22/h5-18,20,24H,1-4H3,(H,28,29)/t20-/m1/s1. The normalized spacial score (nSPS) is 11.9. The molecule has 1 N–H and O–H groups in total. The number of para-hydroxylation sites is 1. The van der Waals surface area contributed by atoms with E-state index in [0.717, 1.165) is 27.9 Å². The minimum absolute atomic E-state index is 0.258. The van der Waals surface area contributed by atoms with Gasteiger partial charge in [0.05, 0.1) is 0 Å². The van der Waals surface area contributed by atoms with Crippen molar-refractivity contribution in [2.75, 3.05) is 5.32 Å². The van der Waals surface area contributed by atoms with Crippen molar-refractivity contribution in [1.29, 1.82) is 0 Å². The van der Waals surface area contributed by atoms with Crippen LogP contribution in [0.5, 0.6) is 0 Å². The zero-order valence-electron chi connectivity index (χ0n) is 18.5. The minimum Gasteiger partial charge on any atom is -0.452 e. The number of esters is 1. The summed E-state index contributed by atoms with van der Waals surface area (Å²) in [6.07, 6.45) is -0.929. The van der Waals surface area contributed by atoms with Gasteiger partial charge in [0.2, 0.25) is 0 Å². The number of carbonyl (C=O) groups excluding carboxylic acids is 2. The van der Waals surface area contributed by atoms with Crippen molar-refractivity contribution in [3.63, 3.8) is 0 Å². The molecule has 0 radical (unpaired) electrons. The van der Waals surface area contributed by atoms with Crippen molar-refractivity contribution in [2.24, 2.45) is 0 Å². The predicted molar refractivity (Wildman–Crippen MR) is 124 cm³/mol. The number of nitrogens with one attached hydrogen (secondary N) is 1. The number of amides is 1. The molecule has 3 rings (SSSR count). The smallest absolute Gasteiger partial charge is 0.318 e. The molecular weight excluding hydrogens is 386 g/mol. The Bertz CT molecular complexity index is 989. The molecule has 1 amide bonds. The molecule has 0 aromatic heterocycles. The average Bonchev–Trinajstić information content (AvgIpc) is 2.76. The van der Waals surface area contributed by atoms with Gasteiger partial charge in [-0.1, -0.05) is 92.7 Å². The first-order chi connectivity index (χ1) is 14.9. The van der Waals surface area contributed by atoms with Crippen molar-refractivity contribution >= 4 is 17.6 Å². The maximum atomic E-state index is 13.2. The van der Waals surface area contributed by atoms with Gasteiger partial charge in [0, 0.05) is 5.69 Å². The Morgan fingerprint density at radius 2 is 1.32 bits per heavy atom. The molecule has 0 aliphatic carbocycles. The van der Waals surface area contributed by atoms with Gasteiger partial charge in [-0.2, -0.15) is 0 Å². The first-order valence-electron chi connectivity index (χ1n) is 10.6. The summed E-state index contributed by atoms with van der Waals surface area (Å²) in [6.45, 7) is 7.73. The summed E-state index contributed by atoms with van der Waals surface area (Å²) in [5.74, 6) is -1.13. The van der Waals surface area contributed by atoms with Crippen LogP contribution in [0.15, 0.2) is 78.9 Å². The molecule has 0 spiro atoms. The lowest BCUT2D eigenvalue weighted by Crippen LogP contribution is -2.32. The van der Waals surface area contributed by atoms with Gasteiger partial charge >= 0.3 is 5.97 Å². The van der Waals surface area contributed by atoms with Crippen LogP contribution >= 0.6 is 0 Å². The van der Waals surface area contributed by atoms with Gasteiger partial charge in [0.25, 0.3) is 5.91 Å². The highest BCUT2D eigenvalue weighted by molar-refractivity contribution is 5.97. The van der Waals surface area contributed by atoms with Crippen LogP contribution < -0.4 is 5.32 Å². The molecule has 0 aliphatic rings. The van der Waals surface area contributed by atoms with E-state index < -0.39 is 18.0 Å². The summed E-state index contributed by atoms with van der Waals surface area (Å²) in [4.78, 5) is 26.0. The second kappa shape index (κ2) is 10.1. The number of aryl methyl sites for hydroxylation is 1. The van der Waals surface area contributed by atoms with Gasteiger partial charge in [-0.15, -0.1) is 0 Å². The fourth-order valence-corrected chi connectivity index (χ4v) is 3.62. The molecule has 0 bridgehead atoms. The maximum absolute atomic E-state index is 13.2. The largest absolute Gasteiger partial charge is 0.452 e. The fraction of sp³-hybridized carbons (Fsp3) is 0.259. The molecule has 4 heteroatoms. The topological polar surface area (TPSA) is 55.4 Å². The third-order valence-corrected chi connectivity index (χ3v) is 5.34. The van der Waals surface area contributed by atoms with Crippen LogP contribution in [0.2, 0.25) is 0 Å². The Morgan fingerprint density at radius 1 is 0.774 bits per heavy atom. The number of ether oxygens (including phenoxy) is 1. The monoisotopic (exact) mass is 415 g/mol. The molecule has 3 aromatic rings. The van der Waals surface area contributed by atoms with Crippen LogP contribution in [0.25, 0.3) is 0 Å². The first kappa shape index (κ1) is 22.3. The van der Waals surface area contributed by atoms with Crippen molar-refractivity contribution in [1.82, 2.24) is 0 Å². The maximum Gasteiger partial charge on any atom is 0.318 e. The van der Waals surface area contributed by atoms with Crippen molar-refractivity contribution in [3.8, 4) is 0 Å². The van der Waals surface area contributed by atoms with E-state index in [-0.39, 0.29) is 11.8 Å². The lowest BCUT2D eigenvalue weighted by molar-refractivity contribution is -0.153. The summed E-state index contributed by atoms with van der Waals surface area (Å²) < 4.78 is 5.64. The highest BCUT2D eigenvalue weighted by atomic mass is 16.5. The number of anilines is 1.